The van der Waals surface area contributed by atoms with Gasteiger partial charge in [0.15, 0.2) is 0 Å². The van der Waals surface area contributed by atoms with Gasteiger partial charge in [0, 0.05) is 13.8 Å². The van der Waals surface area contributed by atoms with Gasteiger partial charge in [-0.1, -0.05) is 60.7 Å². The summed E-state index contributed by atoms with van der Waals surface area (Å²) < 4.78 is 10.4. The van der Waals surface area contributed by atoms with Crippen LogP contribution in [0.3, 0.4) is 0 Å². The molecular weight excluding hydrogens is 346 g/mol. The van der Waals surface area contributed by atoms with Gasteiger partial charge in [0.05, 0.1) is 12.6 Å². The van der Waals surface area contributed by atoms with E-state index in [4.69, 9.17) is 14.3 Å². The summed E-state index contributed by atoms with van der Waals surface area (Å²) in [5.74, 6) is -2.39. The van der Waals surface area contributed by atoms with Crippen molar-refractivity contribution in [2.75, 3.05) is 0 Å². The molecular formula is C21H21NO5. The zero-order valence-electron chi connectivity index (χ0n) is 15.3. The zero-order chi connectivity index (χ0) is 19.3. The molecule has 2 aromatic rings. The van der Waals surface area contributed by atoms with Crippen LogP contribution in [-0.4, -0.2) is 22.7 Å². The van der Waals surface area contributed by atoms with E-state index in [2.05, 4.69) is 0 Å². The normalized spacial score (nSPS) is 16.7. The van der Waals surface area contributed by atoms with E-state index < -0.39 is 17.7 Å². The van der Waals surface area contributed by atoms with Crippen molar-refractivity contribution >= 4 is 11.9 Å². The number of nitrogens with zero attached hydrogens (tertiary/aromatic N) is 1. The number of ether oxygens (including phenoxy) is 2. The van der Waals surface area contributed by atoms with E-state index in [1.165, 1.54) is 5.06 Å². The fraction of sp³-hybridized carbons (Fsp3) is 0.238. The standard InChI is InChI=1S/C21H21NO5/c1-21(2)26-18(20(24)27-21)13-19(23)22(14-16-9-5-3-6-10-16)25-15-17-11-7-4-8-12-17/h3-13H,14-15H2,1-2H3/b18-13-. The lowest BCUT2D eigenvalue weighted by Gasteiger charge is -2.21. The number of amides is 1. The fourth-order valence-electron chi connectivity index (χ4n) is 2.54. The number of esters is 1. The van der Waals surface area contributed by atoms with Crippen molar-refractivity contribution in [3.8, 4) is 0 Å². The predicted octanol–water partition coefficient (Wildman–Crippen LogP) is 3.34. The number of cyclic esters (lactones) is 1. The molecule has 0 saturated carbocycles. The van der Waals surface area contributed by atoms with Gasteiger partial charge in [-0.05, 0) is 11.1 Å². The first kappa shape index (κ1) is 18.7. The topological polar surface area (TPSA) is 65.1 Å². The molecule has 0 unspecified atom stereocenters. The van der Waals surface area contributed by atoms with Crippen molar-refractivity contribution in [2.45, 2.75) is 32.8 Å². The number of carbonyl (C=O) groups is 2. The number of rotatable bonds is 6. The van der Waals surface area contributed by atoms with E-state index in [-0.39, 0.29) is 18.9 Å². The highest BCUT2D eigenvalue weighted by Crippen LogP contribution is 2.26. The second-order valence-electron chi connectivity index (χ2n) is 6.52. The van der Waals surface area contributed by atoms with E-state index in [0.29, 0.717) is 0 Å². The van der Waals surface area contributed by atoms with Crippen LogP contribution in [0.15, 0.2) is 72.5 Å². The summed E-state index contributed by atoms with van der Waals surface area (Å²) in [4.78, 5) is 30.3. The molecule has 6 heteroatoms. The highest BCUT2D eigenvalue weighted by molar-refractivity contribution is 5.97. The molecule has 6 nitrogen and oxygen atoms in total. The Balaban J connectivity index is 1.76. The molecule has 0 spiro atoms. The molecule has 2 aromatic carbocycles. The highest BCUT2D eigenvalue weighted by atomic mass is 16.8. The SMILES string of the molecule is CC1(C)OC(=O)/C(=C/C(=O)N(Cc2ccccc2)OCc2ccccc2)O1. The molecule has 0 radical (unpaired) electrons. The van der Waals surface area contributed by atoms with Crippen molar-refractivity contribution in [3.05, 3.63) is 83.6 Å². The van der Waals surface area contributed by atoms with Crippen molar-refractivity contribution in [1.29, 1.82) is 0 Å². The van der Waals surface area contributed by atoms with Crippen LogP contribution in [0.1, 0.15) is 25.0 Å². The van der Waals surface area contributed by atoms with E-state index in [1.807, 2.05) is 60.7 Å². The molecule has 1 aliphatic heterocycles. The van der Waals surface area contributed by atoms with Gasteiger partial charge in [0.25, 0.3) is 5.91 Å². The average Bonchev–Trinajstić information content (AvgIpc) is 2.91. The van der Waals surface area contributed by atoms with Gasteiger partial charge in [0.1, 0.15) is 6.61 Å². The summed E-state index contributed by atoms with van der Waals surface area (Å²) in [6.07, 6.45) is 1.10. The van der Waals surface area contributed by atoms with Gasteiger partial charge in [-0.15, -0.1) is 0 Å². The molecule has 1 heterocycles. The first-order valence-electron chi connectivity index (χ1n) is 8.59. The van der Waals surface area contributed by atoms with E-state index in [0.717, 1.165) is 17.2 Å². The molecule has 1 fully saturated rings. The minimum absolute atomic E-state index is 0.133. The number of hydrogen-bond acceptors (Lipinski definition) is 5. The fourth-order valence-corrected chi connectivity index (χ4v) is 2.54. The molecule has 1 aliphatic rings. The Morgan fingerprint density at radius 3 is 2.15 bits per heavy atom. The maximum atomic E-state index is 12.7. The lowest BCUT2D eigenvalue weighted by Crippen LogP contribution is -2.29. The van der Waals surface area contributed by atoms with Crippen LogP contribution in [0.25, 0.3) is 0 Å². The molecule has 0 bridgehead atoms. The summed E-state index contributed by atoms with van der Waals surface area (Å²) in [6, 6.07) is 19.0. The van der Waals surface area contributed by atoms with Crippen LogP contribution in [-0.2, 0) is 37.1 Å². The minimum Gasteiger partial charge on any atom is -0.445 e. The Morgan fingerprint density at radius 2 is 1.59 bits per heavy atom. The van der Waals surface area contributed by atoms with E-state index in [1.54, 1.807) is 13.8 Å². The Hall–Kier alpha value is -3.12. The maximum Gasteiger partial charge on any atom is 0.377 e. The third kappa shape index (κ3) is 5.18. The molecule has 1 saturated heterocycles. The molecule has 27 heavy (non-hydrogen) atoms. The summed E-state index contributed by atoms with van der Waals surface area (Å²) >= 11 is 0. The van der Waals surface area contributed by atoms with Crippen molar-refractivity contribution in [2.24, 2.45) is 0 Å². The smallest absolute Gasteiger partial charge is 0.377 e. The zero-order valence-corrected chi connectivity index (χ0v) is 15.3. The average molecular weight is 367 g/mol. The second kappa shape index (κ2) is 8.05. The van der Waals surface area contributed by atoms with Crippen LogP contribution in [0.4, 0.5) is 0 Å². The Labute approximate surface area is 157 Å². The lowest BCUT2D eigenvalue weighted by atomic mass is 10.2. The maximum absolute atomic E-state index is 12.7. The van der Waals surface area contributed by atoms with Crippen LogP contribution < -0.4 is 0 Å². The van der Waals surface area contributed by atoms with Crippen molar-refractivity contribution < 1.29 is 23.9 Å². The van der Waals surface area contributed by atoms with E-state index >= 15 is 0 Å². The number of benzene rings is 2. The number of hydroxylamine groups is 2. The van der Waals surface area contributed by atoms with Crippen LogP contribution in [0.5, 0.6) is 0 Å². The Bertz CT molecular complexity index is 830. The molecule has 0 N–H and O–H groups in total. The molecule has 3 rings (SSSR count). The molecule has 0 atom stereocenters. The summed E-state index contributed by atoms with van der Waals surface area (Å²) in [5, 5.41) is 1.21. The van der Waals surface area contributed by atoms with Gasteiger partial charge in [0.2, 0.25) is 11.5 Å². The van der Waals surface area contributed by atoms with Gasteiger partial charge in [-0.3, -0.25) is 9.63 Å². The third-order valence-corrected chi connectivity index (χ3v) is 3.79. The molecule has 0 aromatic heterocycles. The summed E-state index contributed by atoms with van der Waals surface area (Å²) in [6.45, 7) is 3.65. The second-order valence-corrected chi connectivity index (χ2v) is 6.52. The highest BCUT2D eigenvalue weighted by Gasteiger charge is 2.38. The quantitative estimate of drug-likeness (QED) is 0.445. The number of carbonyl (C=O) groups excluding carboxylic acids is 2. The van der Waals surface area contributed by atoms with Crippen LogP contribution in [0.2, 0.25) is 0 Å². The van der Waals surface area contributed by atoms with Crippen LogP contribution in [0, 0.1) is 0 Å². The van der Waals surface area contributed by atoms with Crippen molar-refractivity contribution in [3.63, 3.8) is 0 Å². The predicted molar refractivity (Wildman–Crippen MR) is 97.6 cm³/mol. The monoisotopic (exact) mass is 367 g/mol. The molecule has 140 valence electrons. The largest absolute Gasteiger partial charge is 0.445 e. The van der Waals surface area contributed by atoms with Gasteiger partial charge >= 0.3 is 5.97 Å². The summed E-state index contributed by atoms with van der Waals surface area (Å²) in [7, 11) is 0. The molecule has 1 amide bonds. The number of hydrogen-bond donors (Lipinski definition) is 0. The summed E-state index contributed by atoms with van der Waals surface area (Å²) in [5.41, 5.74) is 1.82. The van der Waals surface area contributed by atoms with Gasteiger partial charge < -0.3 is 9.47 Å². The van der Waals surface area contributed by atoms with Gasteiger partial charge in [-0.25, -0.2) is 9.86 Å². The van der Waals surface area contributed by atoms with E-state index in [9.17, 15) is 9.59 Å². The molecule has 0 aliphatic carbocycles. The third-order valence-electron chi connectivity index (χ3n) is 3.79. The Kier molecular flexibility index (Phi) is 5.57. The van der Waals surface area contributed by atoms with Crippen LogP contribution >= 0.6 is 0 Å². The Morgan fingerprint density at radius 1 is 1.00 bits per heavy atom. The van der Waals surface area contributed by atoms with Crippen molar-refractivity contribution in [1.82, 2.24) is 5.06 Å². The van der Waals surface area contributed by atoms with Gasteiger partial charge in [-0.2, -0.15) is 0 Å². The first-order valence-corrected chi connectivity index (χ1v) is 8.59. The first-order chi connectivity index (χ1) is 12.9. The minimum atomic E-state index is -1.08. The lowest BCUT2D eigenvalue weighted by molar-refractivity contribution is -0.190.